The lowest BCUT2D eigenvalue weighted by atomic mass is 10.1. The van der Waals surface area contributed by atoms with Crippen LogP contribution in [0.2, 0.25) is 5.02 Å². The lowest BCUT2D eigenvalue weighted by Gasteiger charge is -2.28. The summed E-state index contributed by atoms with van der Waals surface area (Å²) in [5.41, 5.74) is 6.13. The second kappa shape index (κ2) is 17.9. The van der Waals surface area contributed by atoms with Crippen LogP contribution in [0.5, 0.6) is 11.5 Å². The number of imidazole rings is 3. The second-order valence-electron chi connectivity index (χ2n) is 15.1. The van der Waals surface area contributed by atoms with Gasteiger partial charge in [0.05, 0.1) is 53.0 Å². The maximum atomic E-state index is 15.2. The molecule has 62 heavy (non-hydrogen) atoms. The number of rotatable bonds is 14. The minimum absolute atomic E-state index is 0.0735. The number of anilines is 4. The number of piperidine rings is 1. The number of carbonyl (C=O) groups is 2. The molecule has 0 aliphatic carbocycles. The Kier molecular flexibility index (Phi) is 11.7. The van der Waals surface area contributed by atoms with Crippen LogP contribution in [-0.2, 0) is 11.3 Å². The van der Waals surface area contributed by atoms with Crippen LogP contribution in [0.3, 0.4) is 0 Å². The van der Waals surface area contributed by atoms with E-state index in [1.54, 1.807) is 23.1 Å². The molecule has 9 rings (SSSR count). The van der Waals surface area contributed by atoms with Gasteiger partial charge in [0, 0.05) is 5.02 Å². The first-order valence-corrected chi connectivity index (χ1v) is 20.8. The van der Waals surface area contributed by atoms with Crippen LogP contribution < -0.4 is 24.6 Å². The number of aromatic nitrogens is 6. The number of nitrogens with zero attached hydrogens (tertiary/aromatic N) is 5. The molecular formula is C47H44ClN9O5. The molecule has 314 valence electrons. The number of nitrogens with one attached hydrogen (secondary N) is 4. The first kappa shape index (κ1) is 40.4. The molecular weight excluding hydrogens is 806 g/mol. The Morgan fingerprint density at radius 3 is 2.15 bits per heavy atom. The Morgan fingerprint density at radius 1 is 0.726 bits per heavy atom. The molecule has 14 nitrogen and oxygen atoms in total. The van der Waals surface area contributed by atoms with E-state index in [1.165, 1.54) is 11.2 Å². The monoisotopic (exact) mass is 849 g/mol. The second-order valence-corrected chi connectivity index (χ2v) is 15.5. The molecule has 1 aliphatic heterocycles. The molecule has 0 atom stereocenters. The quantitative estimate of drug-likeness (QED) is 0.0781. The molecule has 15 heteroatoms. The van der Waals surface area contributed by atoms with E-state index >= 15 is 4.79 Å². The number of fused-ring (bicyclic) bond motifs is 2. The minimum Gasteiger partial charge on any atom is -0.491 e. The van der Waals surface area contributed by atoms with Gasteiger partial charge in [-0.1, -0.05) is 54.1 Å². The Hall–Kier alpha value is -7.00. The van der Waals surface area contributed by atoms with Gasteiger partial charge in [-0.2, -0.15) is 0 Å². The SMILES string of the molecule is Cc1cc(OCCOCc2ccccc2)ccc1N(C(=O)c1nc[nH]c1C(=O)N(c1nc2ccccc2[nH]1)c1nc2ccc(Cl)cc2[nH]1)c1ccc(OC2CCNCC2)cc1C. The van der Waals surface area contributed by atoms with E-state index in [0.717, 1.165) is 42.6 Å². The largest absolute Gasteiger partial charge is 0.491 e. The van der Waals surface area contributed by atoms with Crippen molar-refractivity contribution < 1.29 is 23.8 Å². The summed E-state index contributed by atoms with van der Waals surface area (Å²) >= 11 is 6.32. The number of hydrogen-bond acceptors (Lipinski definition) is 9. The zero-order valence-electron chi connectivity index (χ0n) is 34.2. The highest BCUT2D eigenvalue weighted by Gasteiger charge is 2.34. The number of halogens is 1. The number of aromatic amines is 3. The summed E-state index contributed by atoms with van der Waals surface area (Å²) in [5, 5.41) is 3.87. The number of ether oxygens (including phenoxy) is 3. The maximum absolute atomic E-state index is 15.2. The fourth-order valence-corrected chi connectivity index (χ4v) is 7.78. The minimum atomic E-state index is -0.632. The number of carbonyl (C=O) groups excluding carboxylic acids is 2. The summed E-state index contributed by atoms with van der Waals surface area (Å²) in [4.78, 5) is 56.4. The van der Waals surface area contributed by atoms with Crippen molar-refractivity contribution in [3.63, 3.8) is 0 Å². The fraction of sp³-hybridized carbons (Fsp3) is 0.213. The molecule has 1 aliphatic rings. The first-order chi connectivity index (χ1) is 30.3. The van der Waals surface area contributed by atoms with Gasteiger partial charge in [-0.05, 0) is 123 Å². The van der Waals surface area contributed by atoms with Crippen LogP contribution in [0.25, 0.3) is 22.1 Å². The number of aryl methyl sites for hydroxylation is 2. The van der Waals surface area contributed by atoms with Crippen LogP contribution in [0.1, 0.15) is 50.5 Å². The van der Waals surface area contributed by atoms with E-state index in [1.807, 2.05) is 105 Å². The first-order valence-electron chi connectivity index (χ1n) is 20.4. The molecule has 5 aromatic carbocycles. The van der Waals surface area contributed by atoms with Crippen LogP contribution in [0, 0.1) is 13.8 Å². The Labute approximate surface area is 362 Å². The summed E-state index contributed by atoms with van der Waals surface area (Å²) in [6, 6.07) is 33.8. The zero-order valence-corrected chi connectivity index (χ0v) is 34.9. The van der Waals surface area contributed by atoms with Gasteiger partial charge < -0.3 is 34.5 Å². The standard InChI is InChI=1S/C47H44ClN9O5/c1-29-24-34(61-23-22-60-27-31-8-4-3-5-9-31)13-16-40(29)56(41-17-14-35(25-30(41)2)62-33-18-20-49-21-19-33)44(58)42-43(51-28-50-42)45(59)57(46-52-36-10-6-7-11-37(36)53-46)47-54-38-15-12-32(48)26-39(38)55-47/h3-17,24-26,28,33,49H,18-23,27H2,1-2H3,(H,50,51)(H,52,53)(H,54,55). The van der Waals surface area contributed by atoms with Crippen molar-refractivity contribution >= 4 is 68.8 Å². The van der Waals surface area contributed by atoms with Gasteiger partial charge in [-0.3, -0.25) is 14.5 Å². The van der Waals surface area contributed by atoms with Crippen LogP contribution in [0.4, 0.5) is 23.3 Å². The summed E-state index contributed by atoms with van der Waals surface area (Å²) in [5.74, 6) is 0.499. The molecule has 2 amide bonds. The van der Waals surface area contributed by atoms with Crippen molar-refractivity contribution in [2.45, 2.75) is 39.4 Å². The average Bonchev–Trinajstić information content (AvgIpc) is 4.05. The third-order valence-electron chi connectivity index (χ3n) is 10.7. The highest BCUT2D eigenvalue weighted by atomic mass is 35.5. The predicted molar refractivity (Wildman–Crippen MR) is 239 cm³/mol. The number of H-pyrrole nitrogens is 3. The van der Waals surface area contributed by atoms with Gasteiger partial charge in [-0.25, -0.2) is 19.9 Å². The normalized spacial score (nSPS) is 13.1. The summed E-state index contributed by atoms with van der Waals surface area (Å²) in [6.45, 7) is 6.85. The molecule has 4 N–H and O–H groups in total. The van der Waals surface area contributed by atoms with Crippen LogP contribution in [0.15, 0.2) is 116 Å². The average molecular weight is 850 g/mol. The molecule has 3 aromatic heterocycles. The highest BCUT2D eigenvalue weighted by Crippen LogP contribution is 2.37. The van der Waals surface area contributed by atoms with E-state index in [9.17, 15) is 4.79 Å². The third-order valence-corrected chi connectivity index (χ3v) is 10.9. The molecule has 1 saturated heterocycles. The summed E-state index contributed by atoms with van der Waals surface area (Å²) < 4.78 is 18.3. The fourth-order valence-electron chi connectivity index (χ4n) is 7.61. The Balaban J connectivity index is 1.05. The lowest BCUT2D eigenvalue weighted by Crippen LogP contribution is -2.34. The number of hydrogen-bond donors (Lipinski definition) is 4. The molecule has 8 aromatic rings. The molecule has 4 heterocycles. The van der Waals surface area contributed by atoms with Gasteiger partial charge >= 0.3 is 0 Å². The molecule has 0 saturated carbocycles. The number of benzene rings is 5. The van der Waals surface area contributed by atoms with Crippen molar-refractivity contribution in [2.24, 2.45) is 0 Å². The smallest absolute Gasteiger partial charge is 0.286 e. The summed E-state index contributed by atoms with van der Waals surface area (Å²) in [6.07, 6.45) is 3.23. The van der Waals surface area contributed by atoms with E-state index in [0.29, 0.717) is 69.8 Å². The molecule has 1 fully saturated rings. The maximum Gasteiger partial charge on any atom is 0.286 e. The Bertz CT molecular complexity index is 2840. The van der Waals surface area contributed by atoms with Gasteiger partial charge in [0.2, 0.25) is 11.9 Å². The van der Waals surface area contributed by atoms with Crippen LogP contribution >= 0.6 is 11.6 Å². The zero-order chi connectivity index (χ0) is 42.6. The van der Waals surface area contributed by atoms with E-state index < -0.39 is 11.8 Å². The number of amides is 2. The van der Waals surface area contributed by atoms with Crippen molar-refractivity contribution in [3.05, 3.63) is 149 Å². The van der Waals surface area contributed by atoms with Gasteiger partial charge in [0.15, 0.2) is 5.69 Å². The van der Waals surface area contributed by atoms with Gasteiger partial charge in [0.25, 0.3) is 11.8 Å². The van der Waals surface area contributed by atoms with E-state index in [2.05, 4.69) is 25.3 Å². The Morgan fingerprint density at radius 2 is 1.40 bits per heavy atom. The van der Waals surface area contributed by atoms with Crippen molar-refractivity contribution in [1.29, 1.82) is 0 Å². The topological polar surface area (TPSA) is 166 Å². The van der Waals surface area contributed by atoms with E-state index in [4.69, 9.17) is 35.8 Å². The number of para-hydroxylation sites is 2. The van der Waals surface area contributed by atoms with Crippen molar-refractivity contribution in [2.75, 3.05) is 36.1 Å². The van der Waals surface area contributed by atoms with Crippen molar-refractivity contribution in [3.8, 4) is 11.5 Å². The predicted octanol–water partition coefficient (Wildman–Crippen LogP) is 9.12. The van der Waals surface area contributed by atoms with Gasteiger partial charge in [0.1, 0.15) is 29.9 Å². The lowest BCUT2D eigenvalue weighted by molar-refractivity contribution is 0.0889. The third kappa shape index (κ3) is 8.61. The van der Waals surface area contributed by atoms with E-state index in [-0.39, 0.29) is 29.4 Å². The van der Waals surface area contributed by atoms with Crippen LogP contribution in [-0.4, -0.2) is 74.1 Å². The molecule has 0 radical (unpaired) electrons. The molecule has 0 bridgehead atoms. The van der Waals surface area contributed by atoms with Gasteiger partial charge in [-0.15, -0.1) is 0 Å². The van der Waals surface area contributed by atoms with Crippen molar-refractivity contribution in [1.82, 2.24) is 35.2 Å². The molecule has 0 unspecified atom stereocenters. The molecule has 0 spiro atoms. The highest BCUT2D eigenvalue weighted by molar-refractivity contribution is 6.31. The summed E-state index contributed by atoms with van der Waals surface area (Å²) in [7, 11) is 0.